The van der Waals surface area contributed by atoms with Crippen LogP contribution in [0.25, 0.3) is 0 Å². The Morgan fingerprint density at radius 3 is 2.68 bits per heavy atom. The maximum atomic E-state index is 6.49. The molecule has 106 valence electrons. The second-order valence-electron chi connectivity index (χ2n) is 6.03. The van der Waals surface area contributed by atoms with Crippen molar-refractivity contribution in [3.8, 4) is 0 Å². The predicted octanol–water partition coefficient (Wildman–Crippen LogP) is 3.93. The highest BCUT2D eigenvalue weighted by Crippen LogP contribution is 2.35. The van der Waals surface area contributed by atoms with E-state index in [1.807, 2.05) is 7.05 Å². The van der Waals surface area contributed by atoms with E-state index in [0.29, 0.717) is 6.04 Å². The molecule has 0 amide bonds. The van der Waals surface area contributed by atoms with E-state index in [2.05, 4.69) is 49.2 Å². The van der Waals surface area contributed by atoms with Crippen LogP contribution in [0.3, 0.4) is 0 Å². The van der Waals surface area contributed by atoms with Gasteiger partial charge in [0.25, 0.3) is 0 Å². The summed E-state index contributed by atoms with van der Waals surface area (Å²) in [5.74, 6) is 1.45. The van der Waals surface area contributed by atoms with Gasteiger partial charge in [-0.15, -0.1) is 0 Å². The molecular formula is C16H25ClN2. The molecule has 1 aromatic carbocycles. The third kappa shape index (κ3) is 3.24. The number of rotatable bonds is 3. The van der Waals surface area contributed by atoms with Crippen LogP contribution >= 0.6 is 11.6 Å². The Morgan fingerprint density at radius 2 is 2.05 bits per heavy atom. The lowest BCUT2D eigenvalue weighted by Gasteiger charge is -2.43. The minimum absolute atomic E-state index is 0.559. The Balaban J connectivity index is 2.25. The highest BCUT2D eigenvalue weighted by Gasteiger charge is 2.29. The monoisotopic (exact) mass is 280 g/mol. The number of nitrogens with zero attached hydrogens (tertiary/aromatic N) is 1. The second kappa shape index (κ2) is 6.15. The van der Waals surface area contributed by atoms with E-state index in [4.69, 9.17) is 11.6 Å². The average Bonchev–Trinajstić information content (AvgIpc) is 2.35. The molecule has 1 heterocycles. The van der Waals surface area contributed by atoms with Crippen molar-refractivity contribution >= 4 is 17.3 Å². The normalized spacial score (nSPS) is 27.6. The van der Waals surface area contributed by atoms with Crippen LogP contribution in [0, 0.1) is 11.8 Å². The zero-order valence-electron chi connectivity index (χ0n) is 12.4. The van der Waals surface area contributed by atoms with E-state index >= 15 is 0 Å². The van der Waals surface area contributed by atoms with Crippen LogP contribution in [0.4, 0.5) is 5.69 Å². The summed E-state index contributed by atoms with van der Waals surface area (Å²) in [6.07, 6.45) is 1.31. The fraction of sp³-hybridized carbons (Fsp3) is 0.625. The first kappa shape index (κ1) is 14.7. The molecule has 0 aliphatic carbocycles. The molecule has 0 radical (unpaired) electrons. The van der Waals surface area contributed by atoms with Gasteiger partial charge in [0, 0.05) is 19.1 Å². The Morgan fingerprint density at radius 1 is 1.32 bits per heavy atom. The maximum Gasteiger partial charge on any atom is 0.0642 e. The molecule has 2 rings (SSSR count). The summed E-state index contributed by atoms with van der Waals surface area (Å²) in [6.45, 7) is 8.96. The van der Waals surface area contributed by atoms with Crippen molar-refractivity contribution in [2.24, 2.45) is 11.8 Å². The molecule has 19 heavy (non-hydrogen) atoms. The first-order valence-electron chi connectivity index (χ1n) is 7.22. The van der Waals surface area contributed by atoms with Gasteiger partial charge in [-0.2, -0.15) is 0 Å². The lowest BCUT2D eigenvalue weighted by molar-refractivity contribution is 0.297. The van der Waals surface area contributed by atoms with Crippen LogP contribution in [-0.2, 0) is 6.54 Å². The summed E-state index contributed by atoms with van der Waals surface area (Å²) < 4.78 is 0. The summed E-state index contributed by atoms with van der Waals surface area (Å²) in [6, 6.07) is 7.00. The number of anilines is 1. The van der Waals surface area contributed by atoms with E-state index in [9.17, 15) is 0 Å². The summed E-state index contributed by atoms with van der Waals surface area (Å²) in [5, 5.41) is 4.04. The third-order valence-corrected chi connectivity index (χ3v) is 4.60. The smallest absolute Gasteiger partial charge is 0.0642 e. The van der Waals surface area contributed by atoms with E-state index in [-0.39, 0.29) is 0 Å². The molecule has 3 unspecified atom stereocenters. The molecule has 3 atom stereocenters. The standard InChI is InChI=1S/C16H25ClN2/c1-11-7-12(2)13(3)19(10-11)16-6-5-14(9-18-4)8-15(16)17/h5-6,8,11-13,18H,7,9-10H2,1-4H3. The predicted molar refractivity (Wildman–Crippen MR) is 84.0 cm³/mol. The van der Waals surface area contributed by atoms with Gasteiger partial charge in [0.1, 0.15) is 0 Å². The van der Waals surface area contributed by atoms with Crippen LogP contribution in [0.1, 0.15) is 32.8 Å². The van der Waals surface area contributed by atoms with E-state index < -0.39 is 0 Å². The van der Waals surface area contributed by atoms with E-state index in [0.717, 1.165) is 29.9 Å². The third-order valence-electron chi connectivity index (χ3n) is 4.30. The van der Waals surface area contributed by atoms with Gasteiger partial charge in [-0.3, -0.25) is 0 Å². The molecule has 0 spiro atoms. The molecule has 1 aromatic rings. The van der Waals surface area contributed by atoms with Crippen LogP contribution < -0.4 is 10.2 Å². The van der Waals surface area contributed by atoms with Crippen molar-refractivity contribution in [1.82, 2.24) is 5.32 Å². The van der Waals surface area contributed by atoms with E-state index in [1.165, 1.54) is 17.7 Å². The number of piperidine rings is 1. The Labute approximate surface area is 122 Å². The van der Waals surface area contributed by atoms with Crippen molar-refractivity contribution in [1.29, 1.82) is 0 Å². The van der Waals surface area contributed by atoms with E-state index in [1.54, 1.807) is 0 Å². The van der Waals surface area contributed by atoms with Crippen molar-refractivity contribution in [2.75, 3.05) is 18.5 Å². The molecule has 3 heteroatoms. The minimum Gasteiger partial charge on any atom is -0.367 e. The molecule has 0 saturated carbocycles. The zero-order chi connectivity index (χ0) is 14.0. The summed E-state index contributed by atoms with van der Waals surface area (Å²) >= 11 is 6.49. The molecule has 1 fully saturated rings. The number of hydrogen-bond acceptors (Lipinski definition) is 2. The molecular weight excluding hydrogens is 256 g/mol. The minimum atomic E-state index is 0.559. The van der Waals surface area contributed by atoms with Crippen molar-refractivity contribution < 1.29 is 0 Å². The van der Waals surface area contributed by atoms with Gasteiger partial charge in [0.05, 0.1) is 10.7 Å². The molecule has 1 saturated heterocycles. The molecule has 1 N–H and O–H groups in total. The van der Waals surface area contributed by atoms with Gasteiger partial charge >= 0.3 is 0 Å². The van der Waals surface area contributed by atoms with Gasteiger partial charge in [0.15, 0.2) is 0 Å². The number of halogens is 1. The zero-order valence-corrected chi connectivity index (χ0v) is 13.2. The van der Waals surface area contributed by atoms with Crippen LogP contribution in [0.5, 0.6) is 0 Å². The second-order valence-corrected chi connectivity index (χ2v) is 6.43. The Hall–Kier alpha value is -0.730. The molecule has 0 bridgehead atoms. The Bertz CT molecular complexity index is 433. The van der Waals surface area contributed by atoms with Gasteiger partial charge in [0.2, 0.25) is 0 Å². The summed E-state index contributed by atoms with van der Waals surface area (Å²) in [4.78, 5) is 2.48. The van der Waals surface area contributed by atoms with Gasteiger partial charge in [-0.25, -0.2) is 0 Å². The summed E-state index contributed by atoms with van der Waals surface area (Å²) in [7, 11) is 1.96. The number of nitrogens with one attached hydrogen (secondary N) is 1. The maximum absolute atomic E-state index is 6.49. The molecule has 1 aliphatic heterocycles. The Kier molecular flexibility index (Phi) is 4.75. The molecule has 0 aromatic heterocycles. The van der Waals surface area contributed by atoms with Gasteiger partial charge in [-0.05, 0) is 49.9 Å². The lowest BCUT2D eigenvalue weighted by atomic mass is 9.85. The topological polar surface area (TPSA) is 15.3 Å². The first-order chi connectivity index (χ1) is 9.02. The first-order valence-corrected chi connectivity index (χ1v) is 7.60. The lowest BCUT2D eigenvalue weighted by Crippen LogP contribution is -2.46. The molecule has 1 aliphatic rings. The quantitative estimate of drug-likeness (QED) is 0.902. The average molecular weight is 281 g/mol. The molecule has 2 nitrogen and oxygen atoms in total. The summed E-state index contributed by atoms with van der Waals surface area (Å²) in [5.41, 5.74) is 2.43. The van der Waals surface area contributed by atoms with Crippen LogP contribution in [0.2, 0.25) is 5.02 Å². The highest BCUT2D eigenvalue weighted by atomic mass is 35.5. The largest absolute Gasteiger partial charge is 0.367 e. The van der Waals surface area contributed by atoms with Crippen LogP contribution in [-0.4, -0.2) is 19.6 Å². The van der Waals surface area contributed by atoms with Gasteiger partial charge < -0.3 is 10.2 Å². The number of benzene rings is 1. The van der Waals surface area contributed by atoms with Crippen molar-refractivity contribution in [3.05, 3.63) is 28.8 Å². The SMILES string of the molecule is CNCc1ccc(N2CC(C)CC(C)C2C)c(Cl)c1. The van der Waals surface area contributed by atoms with Gasteiger partial charge in [-0.1, -0.05) is 31.5 Å². The van der Waals surface area contributed by atoms with Crippen LogP contribution in [0.15, 0.2) is 18.2 Å². The van der Waals surface area contributed by atoms with Crippen molar-refractivity contribution in [3.63, 3.8) is 0 Å². The fourth-order valence-corrected chi connectivity index (χ4v) is 3.44. The fourth-order valence-electron chi connectivity index (χ4n) is 3.13. The van der Waals surface area contributed by atoms with Crippen molar-refractivity contribution in [2.45, 2.75) is 39.8 Å². The highest BCUT2D eigenvalue weighted by molar-refractivity contribution is 6.33. The number of hydrogen-bond donors (Lipinski definition) is 1.